The highest BCUT2D eigenvalue weighted by Gasteiger charge is 2.19. The van der Waals surface area contributed by atoms with E-state index in [-0.39, 0.29) is 0 Å². The predicted octanol–water partition coefficient (Wildman–Crippen LogP) is -0.0701. The van der Waals surface area contributed by atoms with E-state index in [1.54, 1.807) is 0 Å². The molecule has 0 aromatic carbocycles. The van der Waals surface area contributed by atoms with Gasteiger partial charge < -0.3 is 10.1 Å². The van der Waals surface area contributed by atoms with Crippen LogP contribution < -0.4 is 5.32 Å². The Balaban J connectivity index is 2.03. The molecule has 1 aliphatic rings. The average molecular weight is 182 g/mol. The monoisotopic (exact) mass is 182 g/mol. The molecule has 0 bridgehead atoms. The molecule has 3 nitrogen and oxygen atoms in total. The Morgan fingerprint density at radius 3 is 3.15 bits per heavy atom. The van der Waals surface area contributed by atoms with Crippen molar-refractivity contribution >= 4 is 0 Å². The van der Waals surface area contributed by atoms with Crippen LogP contribution >= 0.6 is 0 Å². The van der Waals surface area contributed by atoms with Crippen LogP contribution in [0.2, 0.25) is 0 Å². The molecule has 1 aliphatic heterocycles. The summed E-state index contributed by atoms with van der Waals surface area (Å²) in [5, 5.41) is 3.17. The quantitative estimate of drug-likeness (QED) is 0.476. The summed E-state index contributed by atoms with van der Waals surface area (Å²) < 4.78 is 5.31. The maximum atomic E-state index is 5.31. The minimum absolute atomic E-state index is 0.604. The highest BCUT2D eigenvalue weighted by Crippen LogP contribution is 2.09. The van der Waals surface area contributed by atoms with Crippen molar-refractivity contribution in [2.24, 2.45) is 0 Å². The second-order valence-corrected chi connectivity index (χ2v) is 3.38. The third kappa shape index (κ3) is 3.77. The summed E-state index contributed by atoms with van der Waals surface area (Å²) in [6, 6.07) is 0.604. The Hall–Kier alpha value is -0.560. The molecule has 1 atom stereocenters. The Morgan fingerprint density at radius 1 is 1.69 bits per heavy atom. The lowest BCUT2D eigenvalue weighted by molar-refractivity contribution is 0.160. The molecule has 3 heteroatoms. The molecule has 74 valence electrons. The zero-order chi connectivity index (χ0) is 9.52. The van der Waals surface area contributed by atoms with E-state index in [1.165, 1.54) is 0 Å². The second kappa shape index (κ2) is 5.98. The van der Waals surface area contributed by atoms with Gasteiger partial charge in [-0.25, -0.2) is 0 Å². The van der Waals surface area contributed by atoms with Crippen LogP contribution in [0, 0.1) is 12.3 Å². The number of hydrogen-bond acceptors (Lipinski definition) is 3. The van der Waals surface area contributed by atoms with Gasteiger partial charge in [0.15, 0.2) is 0 Å². The summed E-state index contributed by atoms with van der Waals surface area (Å²) in [5.41, 5.74) is 0. The van der Waals surface area contributed by atoms with Gasteiger partial charge in [0.25, 0.3) is 0 Å². The molecular formula is C10H18N2O. The maximum absolute atomic E-state index is 5.31. The van der Waals surface area contributed by atoms with Crippen LogP contribution in [0.15, 0.2) is 0 Å². The third-order valence-electron chi connectivity index (χ3n) is 2.40. The van der Waals surface area contributed by atoms with Crippen molar-refractivity contribution in [3.63, 3.8) is 0 Å². The van der Waals surface area contributed by atoms with Crippen molar-refractivity contribution in [1.82, 2.24) is 10.2 Å². The van der Waals surface area contributed by atoms with Crippen molar-refractivity contribution in [3.05, 3.63) is 0 Å². The number of nitrogens with one attached hydrogen (secondary N) is 1. The molecule has 1 unspecified atom stereocenters. The van der Waals surface area contributed by atoms with Gasteiger partial charge in [0.05, 0.1) is 13.2 Å². The smallest absolute Gasteiger partial charge is 0.0622 e. The van der Waals surface area contributed by atoms with E-state index in [0.29, 0.717) is 12.6 Å². The molecule has 0 radical (unpaired) electrons. The van der Waals surface area contributed by atoms with Crippen LogP contribution in [0.3, 0.4) is 0 Å². The van der Waals surface area contributed by atoms with E-state index in [0.717, 1.165) is 32.7 Å². The van der Waals surface area contributed by atoms with E-state index in [9.17, 15) is 0 Å². The molecule has 1 N–H and O–H groups in total. The van der Waals surface area contributed by atoms with Gasteiger partial charge in [-0.05, 0) is 13.5 Å². The summed E-state index contributed by atoms with van der Waals surface area (Å²) in [6.45, 7) is 4.44. The van der Waals surface area contributed by atoms with Gasteiger partial charge in [0.2, 0.25) is 0 Å². The molecule has 0 aromatic rings. The van der Waals surface area contributed by atoms with E-state index < -0.39 is 0 Å². The van der Waals surface area contributed by atoms with Crippen LogP contribution in [0.5, 0.6) is 0 Å². The Kier molecular flexibility index (Phi) is 4.84. The van der Waals surface area contributed by atoms with E-state index in [4.69, 9.17) is 11.2 Å². The minimum Gasteiger partial charge on any atom is -0.380 e. The lowest BCUT2D eigenvalue weighted by Gasteiger charge is -2.22. The van der Waals surface area contributed by atoms with Crippen molar-refractivity contribution < 1.29 is 4.74 Å². The fraction of sp³-hybridized carbons (Fsp3) is 0.800. The molecule has 1 fully saturated rings. The number of hydrogen-bond donors (Lipinski definition) is 1. The first-order valence-electron chi connectivity index (χ1n) is 4.76. The molecule has 1 saturated heterocycles. The fourth-order valence-electron chi connectivity index (χ4n) is 1.47. The van der Waals surface area contributed by atoms with Crippen LogP contribution in [0.25, 0.3) is 0 Å². The first kappa shape index (κ1) is 10.5. The zero-order valence-electron chi connectivity index (χ0n) is 8.25. The Morgan fingerprint density at radius 2 is 2.54 bits per heavy atom. The van der Waals surface area contributed by atoms with Gasteiger partial charge in [0, 0.05) is 25.7 Å². The van der Waals surface area contributed by atoms with Crippen LogP contribution in [-0.4, -0.2) is 50.8 Å². The van der Waals surface area contributed by atoms with Crippen LogP contribution in [-0.2, 0) is 4.74 Å². The van der Waals surface area contributed by atoms with Crippen LogP contribution in [0.4, 0.5) is 0 Å². The summed E-state index contributed by atoms with van der Waals surface area (Å²) >= 11 is 0. The molecule has 0 aliphatic carbocycles. The lowest BCUT2D eigenvalue weighted by atomic mass is 10.2. The maximum Gasteiger partial charge on any atom is 0.0622 e. The molecule has 0 spiro atoms. The molecule has 13 heavy (non-hydrogen) atoms. The molecule has 1 heterocycles. The normalized spacial score (nSPS) is 22.1. The Bertz CT molecular complexity index is 170. The largest absolute Gasteiger partial charge is 0.380 e. The SMILES string of the molecule is C#CCNCCN(C)C1CCOC1. The van der Waals surface area contributed by atoms with Crippen molar-refractivity contribution in [1.29, 1.82) is 0 Å². The highest BCUT2D eigenvalue weighted by molar-refractivity contribution is 4.86. The first-order valence-corrected chi connectivity index (χ1v) is 4.76. The summed E-state index contributed by atoms with van der Waals surface area (Å²) in [5.74, 6) is 2.56. The van der Waals surface area contributed by atoms with Gasteiger partial charge >= 0.3 is 0 Å². The van der Waals surface area contributed by atoms with Gasteiger partial charge in [-0.3, -0.25) is 4.90 Å². The third-order valence-corrected chi connectivity index (χ3v) is 2.40. The summed E-state index contributed by atoms with van der Waals surface area (Å²) in [6.07, 6.45) is 6.28. The van der Waals surface area contributed by atoms with Gasteiger partial charge in [-0.15, -0.1) is 6.42 Å². The molecule has 0 saturated carbocycles. The number of terminal acetylenes is 1. The molecule has 0 aromatic heterocycles. The van der Waals surface area contributed by atoms with E-state index in [1.807, 2.05) is 0 Å². The second-order valence-electron chi connectivity index (χ2n) is 3.38. The van der Waals surface area contributed by atoms with Crippen LogP contribution in [0.1, 0.15) is 6.42 Å². The first-order chi connectivity index (χ1) is 6.34. The van der Waals surface area contributed by atoms with Gasteiger partial charge in [0.1, 0.15) is 0 Å². The molecule has 0 amide bonds. The fourth-order valence-corrected chi connectivity index (χ4v) is 1.47. The van der Waals surface area contributed by atoms with Crippen molar-refractivity contribution in [2.45, 2.75) is 12.5 Å². The summed E-state index contributed by atoms with van der Waals surface area (Å²) in [7, 11) is 2.14. The predicted molar refractivity (Wildman–Crippen MR) is 53.6 cm³/mol. The van der Waals surface area contributed by atoms with E-state index in [2.05, 4.69) is 23.2 Å². The number of nitrogens with zero attached hydrogens (tertiary/aromatic N) is 1. The lowest BCUT2D eigenvalue weighted by Crippen LogP contribution is -2.37. The number of likely N-dealkylation sites (N-methyl/N-ethyl adjacent to an activating group) is 1. The minimum atomic E-state index is 0.604. The number of rotatable bonds is 5. The molecular weight excluding hydrogens is 164 g/mol. The zero-order valence-corrected chi connectivity index (χ0v) is 8.25. The standard InChI is InChI=1S/C10H18N2O/c1-3-5-11-6-7-12(2)10-4-8-13-9-10/h1,10-11H,4-9H2,2H3. The van der Waals surface area contributed by atoms with Gasteiger partial charge in [-0.1, -0.05) is 5.92 Å². The van der Waals surface area contributed by atoms with Crippen molar-refractivity contribution in [2.75, 3.05) is 39.9 Å². The average Bonchev–Trinajstić information content (AvgIpc) is 2.65. The van der Waals surface area contributed by atoms with Crippen molar-refractivity contribution in [3.8, 4) is 12.3 Å². The number of ether oxygens (including phenoxy) is 1. The topological polar surface area (TPSA) is 24.5 Å². The van der Waals surface area contributed by atoms with Gasteiger partial charge in [-0.2, -0.15) is 0 Å². The molecule has 1 rings (SSSR count). The van der Waals surface area contributed by atoms with E-state index >= 15 is 0 Å². The Labute approximate surface area is 80.4 Å². The summed E-state index contributed by atoms with van der Waals surface area (Å²) in [4.78, 5) is 2.33. The highest BCUT2D eigenvalue weighted by atomic mass is 16.5.